The molecule has 0 aliphatic rings. The maximum absolute atomic E-state index is 13.2. The lowest BCUT2D eigenvalue weighted by Gasteiger charge is -2.33. The first-order valence-electron chi connectivity index (χ1n) is 9.80. The first kappa shape index (κ1) is 21.5. The SMILES string of the molecule is [2H]CN(C(=O)[C@H](CC(C)C)N(C)C(=O)OCC=C)[C@@H](Cc1ccccc1)C(=O)O. The number of carboxylic acid groups (broad SMARTS) is 1. The molecule has 0 saturated heterocycles. The maximum Gasteiger partial charge on any atom is 0.410 e. The lowest BCUT2D eigenvalue weighted by molar-refractivity contribution is -0.151. The molecule has 2 amide bonds. The van der Waals surface area contributed by atoms with Crippen molar-refractivity contribution in [2.45, 2.75) is 38.8 Å². The van der Waals surface area contributed by atoms with E-state index in [1.54, 1.807) is 24.3 Å². The van der Waals surface area contributed by atoms with Crippen molar-refractivity contribution < 1.29 is 25.6 Å². The van der Waals surface area contributed by atoms with Crippen molar-refractivity contribution in [2.24, 2.45) is 5.92 Å². The van der Waals surface area contributed by atoms with Crippen LogP contribution in [-0.4, -0.2) is 65.6 Å². The number of aliphatic carboxylic acids is 1. The first-order chi connectivity index (χ1) is 13.7. The van der Waals surface area contributed by atoms with Gasteiger partial charge in [-0.3, -0.25) is 9.69 Å². The van der Waals surface area contributed by atoms with Gasteiger partial charge in [0.1, 0.15) is 18.7 Å². The van der Waals surface area contributed by atoms with Crippen molar-refractivity contribution in [2.75, 3.05) is 20.7 Å². The summed E-state index contributed by atoms with van der Waals surface area (Å²) in [5, 5.41) is 9.72. The Labute approximate surface area is 168 Å². The number of benzene rings is 1. The Balaban J connectivity index is 3.14. The zero-order valence-electron chi connectivity index (χ0n) is 17.7. The van der Waals surface area contributed by atoms with Gasteiger partial charge in [-0.1, -0.05) is 56.8 Å². The molecule has 0 fully saturated rings. The van der Waals surface area contributed by atoms with E-state index in [0.29, 0.717) is 6.42 Å². The molecule has 0 heterocycles. The average Bonchev–Trinajstić information content (AvgIpc) is 2.69. The van der Waals surface area contributed by atoms with Gasteiger partial charge in [0, 0.05) is 21.9 Å². The Kier molecular flexibility index (Phi) is 8.52. The van der Waals surface area contributed by atoms with Crippen LogP contribution in [-0.2, 0) is 20.7 Å². The second-order valence-electron chi connectivity index (χ2n) is 6.97. The van der Waals surface area contributed by atoms with Crippen LogP contribution in [0.1, 0.15) is 27.2 Å². The fraction of sp³-hybridized carbons (Fsp3) is 0.476. The lowest BCUT2D eigenvalue weighted by Crippen LogP contribution is -2.53. The van der Waals surface area contributed by atoms with Gasteiger partial charge >= 0.3 is 12.1 Å². The summed E-state index contributed by atoms with van der Waals surface area (Å²) in [6.07, 6.45) is 1.09. The zero-order valence-corrected chi connectivity index (χ0v) is 16.7. The monoisotopic (exact) mass is 391 g/mol. The molecular formula is C21H30N2O5. The molecule has 0 saturated carbocycles. The minimum Gasteiger partial charge on any atom is -0.480 e. The molecule has 154 valence electrons. The van der Waals surface area contributed by atoms with E-state index in [4.69, 9.17) is 6.11 Å². The van der Waals surface area contributed by atoms with Crippen LogP contribution in [0.2, 0.25) is 0 Å². The highest BCUT2D eigenvalue weighted by atomic mass is 16.6. The van der Waals surface area contributed by atoms with Crippen molar-refractivity contribution >= 4 is 18.0 Å². The molecule has 0 spiro atoms. The number of carboxylic acids is 1. The molecule has 0 unspecified atom stereocenters. The van der Waals surface area contributed by atoms with E-state index in [-0.39, 0.29) is 18.9 Å². The van der Waals surface area contributed by atoms with Crippen LogP contribution >= 0.6 is 0 Å². The number of hydrogen-bond donors (Lipinski definition) is 1. The van der Waals surface area contributed by atoms with Crippen LogP contribution in [0.3, 0.4) is 0 Å². The summed E-state index contributed by atoms with van der Waals surface area (Å²) in [5.41, 5.74) is 0.741. The maximum atomic E-state index is 13.2. The van der Waals surface area contributed by atoms with Crippen molar-refractivity contribution in [3.8, 4) is 0 Å². The van der Waals surface area contributed by atoms with Crippen LogP contribution < -0.4 is 0 Å². The summed E-state index contributed by atoms with van der Waals surface area (Å²) in [6.45, 7) is 7.27. The van der Waals surface area contributed by atoms with Crippen LogP contribution in [0.5, 0.6) is 0 Å². The summed E-state index contributed by atoms with van der Waals surface area (Å²) in [4.78, 5) is 39.6. The highest BCUT2D eigenvalue weighted by molar-refractivity contribution is 5.89. The number of carbonyl (C=O) groups is 3. The minimum atomic E-state index is -1.21. The van der Waals surface area contributed by atoms with E-state index in [0.717, 1.165) is 15.4 Å². The Morgan fingerprint density at radius 2 is 1.86 bits per heavy atom. The highest BCUT2D eigenvalue weighted by Gasteiger charge is 2.35. The molecule has 0 radical (unpaired) electrons. The van der Waals surface area contributed by atoms with Gasteiger partial charge < -0.3 is 14.7 Å². The molecule has 1 aromatic rings. The molecule has 0 bridgehead atoms. The summed E-state index contributed by atoms with van der Waals surface area (Å²) in [6, 6.07) is 6.78. The highest BCUT2D eigenvalue weighted by Crippen LogP contribution is 2.17. The summed E-state index contributed by atoms with van der Waals surface area (Å²) < 4.78 is 12.8. The Morgan fingerprint density at radius 3 is 2.36 bits per heavy atom. The third kappa shape index (κ3) is 6.72. The molecule has 0 aromatic heterocycles. The predicted octanol–water partition coefficient (Wildman–Crippen LogP) is 2.81. The standard InChI is InChI=1S/C21H30N2O5/c1-6-12-28-21(27)23(5)17(13-15(2)3)19(24)22(4)18(20(25)26)14-16-10-8-7-9-11-16/h6-11,15,17-18H,1,12-14H2,2-5H3,(H,25,26)/t17-,18-/m0/s1/i4D. The molecule has 0 aliphatic heterocycles. The average molecular weight is 391 g/mol. The number of rotatable bonds is 10. The van der Waals surface area contributed by atoms with E-state index < -0.39 is 37.1 Å². The summed E-state index contributed by atoms with van der Waals surface area (Å²) in [5.74, 6) is -1.73. The Bertz CT molecular complexity index is 696. The number of likely N-dealkylation sites (N-methyl/N-ethyl adjacent to an activating group) is 2. The summed E-state index contributed by atoms with van der Waals surface area (Å²) >= 11 is 0. The second-order valence-corrected chi connectivity index (χ2v) is 6.97. The Hall–Kier alpha value is -2.83. The third-order valence-corrected chi connectivity index (χ3v) is 4.28. The van der Waals surface area contributed by atoms with Gasteiger partial charge in [0.05, 0.1) is 0 Å². The van der Waals surface area contributed by atoms with Crippen molar-refractivity contribution in [3.05, 3.63) is 48.6 Å². The summed E-state index contributed by atoms with van der Waals surface area (Å²) in [7, 11) is 0.901. The third-order valence-electron chi connectivity index (χ3n) is 4.28. The van der Waals surface area contributed by atoms with Gasteiger partial charge in [-0.2, -0.15) is 0 Å². The van der Waals surface area contributed by atoms with Crippen molar-refractivity contribution in [3.63, 3.8) is 0 Å². The van der Waals surface area contributed by atoms with Crippen LogP contribution in [0.25, 0.3) is 0 Å². The van der Waals surface area contributed by atoms with E-state index in [9.17, 15) is 19.5 Å². The fourth-order valence-corrected chi connectivity index (χ4v) is 2.74. The molecule has 7 heteroatoms. The number of amides is 2. The molecule has 2 atom stereocenters. The lowest BCUT2D eigenvalue weighted by atomic mass is 9.99. The van der Waals surface area contributed by atoms with Crippen molar-refractivity contribution in [1.29, 1.82) is 0 Å². The van der Waals surface area contributed by atoms with E-state index in [1.165, 1.54) is 13.1 Å². The van der Waals surface area contributed by atoms with E-state index >= 15 is 0 Å². The van der Waals surface area contributed by atoms with Gasteiger partial charge in [0.15, 0.2) is 0 Å². The fourth-order valence-electron chi connectivity index (χ4n) is 2.74. The topological polar surface area (TPSA) is 87.2 Å². The van der Waals surface area contributed by atoms with Crippen LogP contribution in [0.4, 0.5) is 4.79 Å². The first-order valence-corrected chi connectivity index (χ1v) is 9.09. The number of nitrogens with zero attached hydrogens (tertiary/aromatic N) is 2. The predicted molar refractivity (Wildman–Crippen MR) is 107 cm³/mol. The number of hydrogen-bond acceptors (Lipinski definition) is 4. The largest absolute Gasteiger partial charge is 0.480 e. The smallest absolute Gasteiger partial charge is 0.410 e. The second kappa shape index (κ2) is 11.1. The minimum absolute atomic E-state index is 0.000318. The van der Waals surface area contributed by atoms with Gasteiger partial charge in [0.2, 0.25) is 5.91 Å². The van der Waals surface area contributed by atoms with Gasteiger partial charge in [-0.25, -0.2) is 9.59 Å². The van der Waals surface area contributed by atoms with Crippen molar-refractivity contribution in [1.82, 2.24) is 9.80 Å². The molecular weight excluding hydrogens is 360 g/mol. The molecule has 1 N–H and O–H groups in total. The van der Waals surface area contributed by atoms with Gasteiger partial charge in [-0.05, 0) is 17.9 Å². The van der Waals surface area contributed by atoms with Gasteiger partial charge in [-0.15, -0.1) is 0 Å². The van der Waals surface area contributed by atoms with E-state index in [1.807, 2.05) is 19.9 Å². The quantitative estimate of drug-likeness (QED) is 0.620. The molecule has 1 rings (SSSR count). The normalized spacial score (nSPS) is 13.2. The van der Waals surface area contributed by atoms with Crippen LogP contribution in [0, 0.1) is 5.92 Å². The molecule has 1 aromatic carbocycles. The van der Waals surface area contributed by atoms with E-state index in [2.05, 4.69) is 6.58 Å². The molecule has 28 heavy (non-hydrogen) atoms. The van der Waals surface area contributed by atoms with Crippen LogP contribution in [0.15, 0.2) is 43.0 Å². The molecule has 0 aliphatic carbocycles. The number of ether oxygens (including phenoxy) is 1. The van der Waals surface area contributed by atoms with Gasteiger partial charge in [0.25, 0.3) is 0 Å². The Morgan fingerprint density at radius 1 is 1.21 bits per heavy atom. The molecule has 7 nitrogen and oxygen atoms in total. The zero-order chi connectivity index (χ0) is 22.0. The number of carbonyl (C=O) groups excluding carboxylic acids is 2.